The summed E-state index contributed by atoms with van der Waals surface area (Å²) in [5.41, 5.74) is -0.674. The maximum atomic E-state index is 10.5. The Morgan fingerprint density at radius 1 is 1.38 bits per heavy atom. The van der Waals surface area contributed by atoms with Gasteiger partial charge in [-0.25, -0.2) is 0 Å². The van der Waals surface area contributed by atoms with Crippen LogP contribution in [0.1, 0.15) is 27.2 Å². The summed E-state index contributed by atoms with van der Waals surface area (Å²) in [6.07, 6.45) is 0.739. The molecule has 1 aromatic carbocycles. The van der Waals surface area contributed by atoms with E-state index in [1.807, 2.05) is 6.92 Å². The third kappa shape index (κ3) is 7.06. The summed E-state index contributed by atoms with van der Waals surface area (Å²) < 4.78 is 5.47. The summed E-state index contributed by atoms with van der Waals surface area (Å²) in [6.45, 7) is 7.52. The molecule has 0 aliphatic heterocycles. The Morgan fingerprint density at radius 2 is 2.00 bits per heavy atom. The highest BCUT2D eigenvalue weighted by Crippen LogP contribution is 2.17. The molecule has 0 radical (unpaired) electrons. The molecule has 0 bridgehead atoms. The second-order valence-electron chi connectivity index (χ2n) is 5.87. The van der Waals surface area contributed by atoms with Crippen LogP contribution >= 0.6 is 0 Å². The van der Waals surface area contributed by atoms with Crippen molar-refractivity contribution in [2.24, 2.45) is 5.92 Å². The van der Waals surface area contributed by atoms with E-state index in [-0.39, 0.29) is 5.69 Å². The van der Waals surface area contributed by atoms with Gasteiger partial charge in [0.1, 0.15) is 12.4 Å². The number of nitrogens with zero attached hydrogens (tertiary/aromatic N) is 1. The zero-order valence-electron chi connectivity index (χ0n) is 12.8. The average Bonchev–Trinajstić information content (AvgIpc) is 2.37. The van der Waals surface area contributed by atoms with Gasteiger partial charge in [-0.1, -0.05) is 13.8 Å². The van der Waals surface area contributed by atoms with Crippen molar-refractivity contribution >= 4 is 5.69 Å². The zero-order chi connectivity index (χ0) is 15.9. The van der Waals surface area contributed by atoms with Gasteiger partial charge in [-0.05, 0) is 31.4 Å². The highest BCUT2D eigenvalue weighted by Gasteiger charge is 2.20. The van der Waals surface area contributed by atoms with Gasteiger partial charge in [-0.3, -0.25) is 10.1 Å². The molecule has 1 aromatic rings. The molecule has 0 aromatic heterocycles. The Hall–Kier alpha value is -1.66. The number of ether oxygens (including phenoxy) is 1. The second-order valence-corrected chi connectivity index (χ2v) is 5.87. The largest absolute Gasteiger partial charge is 0.492 e. The Morgan fingerprint density at radius 3 is 2.52 bits per heavy atom. The first-order chi connectivity index (χ1) is 9.80. The first kappa shape index (κ1) is 17.4. The van der Waals surface area contributed by atoms with Gasteiger partial charge in [0.15, 0.2) is 0 Å². The van der Waals surface area contributed by atoms with Crippen LogP contribution in [0.2, 0.25) is 0 Å². The topological polar surface area (TPSA) is 84.6 Å². The van der Waals surface area contributed by atoms with Crippen LogP contribution in [-0.2, 0) is 0 Å². The van der Waals surface area contributed by atoms with E-state index in [0.717, 1.165) is 6.42 Å². The first-order valence-corrected chi connectivity index (χ1v) is 7.10. The van der Waals surface area contributed by atoms with Crippen molar-refractivity contribution < 1.29 is 14.8 Å². The van der Waals surface area contributed by atoms with Gasteiger partial charge < -0.3 is 15.2 Å². The molecular weight excluding hydrogens is 272 g/mol. The third-order valence-electron chi connectivity index (χ3n) is 2.95. The van der Waals surface area contributed by atoms with E-state index in [4.69, 9.17) is 4.74 Å². The van der Waals surface area contributed by atoms with Crippen LogP contribution in [0.15, 0.2) is 24.3 Å². The summed E-state index contributed by atoms with van der Waals surface area (Å²) in [4.78, 5) is 10.1. The van der Waals surface area contributed by atoms with Crippen molar-refractivity contribution in [3.05, 3.63) is 34.4 Å². The van der Waals surface area contributed by atoms with Gasteiger partial charge in [0.25, 0.3) is 5.69 Å². The van der Waals surface area contributed by atoms with Gasteiger partial charge in [-0.2, -0.15) is 0 Å². The van der Waals surface area contributed by atoms with Crippen molar-refractivity contribution in [2.75, 3.05) is 19.7 Å². The summed E-state index contributed by atoms with van der Waals surface area (Å²) >= 11 is 0. The lowest BCUT2D eigenvalue weighted by atomic mass is 9.94. The minimum atomic E-state index is -0.721. The molecule has 1 atom stereocenters. The number of non-ortho nitro benzene ring substituents is 1. The SMILES string of the molecule is CC(C)CC(C)(O)CNCCOc1ccc([N+](=O)[O-])cc1. The maximum absolute atomic E-state index is 10.5. The van der Waals surface area contributed by atoms with Crippen molar-refractivity contribution in [1.82, 2.24) is 5.32 Å². The molecule has 6 nitrogen and oxygen atoms in total. The lowest BCUT2D eigenvalue weighted by molar-refractivity contribution is -0.384. The first-order valence-electron chi connectivity index (χ1n) is 7.10. The van der Waals surface area contributed by atoms with Crippen molar-refractivity contribution in [2.45, 2.75) is 32.8 Å². The van der Waals surface area contributed by atoms with Crippen LogP contribution in [0, 0.1) is 16.0 Å². The van der Waals surface area contributed by atoms with Crippen molar-refractivity contribution in [1.29, 1.82) is 0 Å². The number of benzene rings is 1. The van der Waals surface area contributed by atoms with Crippen LogP contribution < -0.4 is 10.1 Å². The molecule has 118 valence electrons. The fraction of sp³-hybridized carbons (Fsp3) is 0.600. The fourth-order valence-corrected chi connectivity index (χ4v) is 2.21. The standard InChI is InChI=1S/C15H24N2O4/c1-12(2)10-15(3,18)11-16-8-9-21-14-6-4-13(5-7-14)17(19)20/h4-7,12,16,18H,8-11H2,1-3H3. The lowest BCUT2D eigenvalue weighted by Gasteiger charge is -2.25. The molecule has 1 unspecified atom stereocenters. The van der Waals surface area contributed by atoms with E-state index >= 15 is 0 Å². The molecule has 6 heteroatoms. The number of hydrogen-bond donors (Lipinski definition) is 2. The summed E-state index contributed by atoms with van der Waals surface area (Å²) in [5, 5.41) is 23.8. The quantitative estimate of drug-likeness (QED) is 0.415. The number of hydrogen-bond acceptors (Lipinski definition) is 5. The third-order valence-corrected chi connectivity index (χ3v) is 2.95. The molecule has 1 rings (SSSR count). The molecule has 0 aliphatic rings. The summed E-state index contributed by atoms with van der Waals surface area (Å²) in [7, 11) is 0. The van der Waals surface area contributed by atoms with Gasteiger partial charge in [0, 0.05) is 25.2 Å². The molecule has 0 fully saturated rings. The molecule has 0 saturated carbocycles. The van der Waals surface area contributed by atoms with Crippen LogP contribution in [0.3, 0.4) is 0 Å². The maximum Gasteiger partial charge on any atom is 0.269 e. The monoisotopic (exact) mass is 296 g/mol. The average molecular weight is 296 g/mol. The predicted octanol–water partition coefficient (Wildman–Crippen LogP) is 2.36. The highest BCUT2D eigenvalue weighted by molar-refractivity contribution is 5.35. The molecule has 0 saturated heterocycles. The minimum absolute atomic E-state index is 0.0465. The molecule has 0 spiro atoms. The lowest BCUT2D eigenvalue weighted by Crippen LogP contribution is -2.40. The van der Waals surface area contributed by atoms with E-state index in [1.165, 1.54) is 12.1 Å². The molecule has 21 heavy (non-hydrogen) atoms. The number of nitro groups is 1. The highest BCUT2D eigenvalue weighted by atomic mass is 16.6. The molecule has 0 aliphatic carbocycles. The van der Waals surface area contributed by atoms with Gasteiger partial charge in [-0.15, -0.1) is 0 Å². The summed E-state index contributed by atoms with van der Waals surface area (Å²) in [5.74, 6) is 1.04. The Kier molecular flexibility index (Phi) is 6.58. The van der Waals surface area contributed by atoms with Crippen LogP contribution in [-0.4, -0.2) is 35.3 Å². The number of aliphatic hydroxyl groups is 1. The van der Waals surface area contributed by atoms with Gasteiger partial charge >= 0.3 is 0 Å². The molecule has 2 N–H and O–H groups in total. The Labute approximate surface area is 125 Å². The smallest absolute Gasteiger partial charge is 0.269 e. The molecule has 0 amide bonds. The summed E-state index contributed by atoms with van der Waals surface area (Å²) in [6, 6.07) is 5.98. The van der Waals surface area contributed by atoms with Gasteiger partial charge in [0.2, 0.25) is 0 Å². The van der Waals surface area contributed by atoms with Crippen LogP contribution in [0.4, 0.5) is 5.69 Å². The van der Waals surface area contributed by atoms with E-state index < -0.39 is 10.5 Å². The Bertz CT molecular complexity index is 443. The number of rotatable bonds is 9. The number of nitrogens with one attached hydrogen (secondary N) is 1. The number of nitro benzene ring substituents is 1. The molecule has 0 heterocycles. The predicted molar refractivity (Wildman–Crippen MR) is 81.5 cm³/mol. The van der Waals surface area contributed by atoms with Crippen molar-refractivity contribution in [3.63, 3.8) is 0 Å². The van der Waals surface area contributed by atoms with E-state index in [1.54, 1.807) is 12.1 Å². The van der Waals surface area contributed by atoms with E-state index in [2.05, 4.69) is 19.2 Å². The fourth-order valence-electron chi connectivity index (χ4n) is 2.21. The van der Waals surface area contributed by atoms with E-state index in [9.17, 15) is 15.2 Å². The van der Waals surface area contributed by atoms with E-state index in [0.29, 0.717) is 31.4 Å². The van der Waals surface area contributed by atoms with Crippen molar-refractivity contribution in [3.8, 4) is 5.75 Å². The Balaban J connectivity index is 2.23. The van der Waals surface area contributed by atoms with Gasteiger partial charge in [0.05, 0.1) is 10.5 Å². The van der Waals surface area contributed by atoms with Crippen LogP contribution in [0.25, 0.3) is 0 Å². The normalized spacial score (nSPS) is 14.0. The zero-order valence-corrected chi connectivity index (χ0v) is 12.8. The second kappa shape index (κ2) is 7.95. The van der Waals surface area contributed by atoms with Crippen LogP contribution in [0.5, 0.6) is 5.75 Å². The molecular formula is C15H24N2O4. The minimum Gasteiger partial charge on any atom is -0.492 e.